The Morgan fingerprint density at radius 1 is 0.646 bits per heavy atom. The number of carbonyl (C=O) groups excluding carboxylic acids is 4. The number of esters is 3. The number of carbonyl (C=O) groups is 4. The summed E-state index contributed by atoms with van der Waals surface area (Å²) >= 11 is 3.53. The van der Waals surface area contributed by atoms with Crippen LogP contribution < -0.4 is 18.9 Å². The zero-order valence-corrected chi connectivity index (χ0v) is 30.0. The third kappa shape index (κ3) is 15.0. The van der Waals surface area contributed by atoms with Gasteiger partial charge in [0, 0.05) is 16.7 Å². The van der Waals surface area contributed by atoms with Crippen LogP contribution in [0.1, 0.15) is 97.6 Å². The maximum absolute atomic E-state index is 12.2. The number of benzene rings is 2. The van der Waals surface area contributed by atoms with Gasteiger partial charge in [0.25, 0.3) is 0 Å². The van der Waals surface area contributed by atoms with E-state index in [2.05, 4.69) is 38.9 Å². The van der Waals surface area contributed by atoms with Crippen LogP contribution in [0.25, 0.3) is 0 Å². The number of ether oxygens (including phenoxy) is 4. The molecule has 3 rings (SSSR count). The second-order valence-corrected chi connectivity index (χ2v) is 10.6. The number of hydrogen-bond acceptors (Lipinski definition) is 9. The molecule has 0 unspecified atom stereocenters. The van der Waals surface area contributed by atoms with Crippen molar-refractivity contribution in [2.75, 3.05) is 13.4 Å². The molecule has 9 heteroatoms. The second kappa shape index (κ2) is 23.9. The van der Waals surface area contributed by atoms with E-state index < -0.39 is 17.9 Å². The number of hydrogen-bond donors (Lipinski definition) is 1. The molecule has 2 aromatic carbocycles. The van der Waals surface area contributed by atoms with E-state index in [4.69, 9.17) is 18.9 Å². The summed E-state index contributed by atoms with van der Waals surface area (Å²) < 4.78 is 21.7. The molecule has 1 aliphatic rings. The summed E-state index contributed by atoms with van der Waals surface area (Å²) in [5.74, 6) is 0.0237. The predicted molar refractivity (Wildman–Crippen MR) is 199 cm³/mol. The molecule has 1 saturated carbocycles. The van der Waals surface area contributed by atoms with Crippen molar-refractivity contribution in [1.29, 1.82) is 0 Å². The molecule has 8 nitrogen and oxygen atoms in total. The molecule has 0 bridgehead atoms. The average Bonchev–Trinajstić information content (AvgIpc) is 3.07. The first-order valence-corrected chi connectivity index (χ1v) is 16.2. The molecule has 264 valence electrons. The van der Waals surface area contributed by atoms with Crippen molar-refractivity contribution in [2.24, 2.45) is 0 Å². The highest BCUT2D eigenvalue weighted by atomic mass is 32.1. The molecule has 0 N–H and O–H groups in total. The van der Waals surface area contributed by atoms with Crippen molar-refractivity contribution in [3.05, 3.63) is 96.1 Å². The van der Waals surface area contributed by atoms with Gasteiger partial charge in [0.05, 0.1) is 7.11 Å². The maximum atomic E-state index is 12.2. The largest absolute Gasteiger partial charge is 0.493 e. The van der Waals surface area contributed by atoms with E-state index in [1.54, 1.807) is 46.1 Å². The Morgan fingerprint density at radius 2 is 0.938 bits per heavy atom. The molecule has 0 saturated heterocycles. The van der Waals surface area contributed by atoms with Crippen LogP contribution in [0.3, 0.4) is 0 Å². The molecule has 0 aliphatic heterocycles. The highest BCUT2D eigenvalue weighted by molar-refractivity contribution is 7.79. The number of allylic oxidation sites excluding steroid dienone is 1. The summed E-state index contributed by atoms with van der Waals surface area (Å²) in [5.41, 5.74) is 3.43. The normalized spacial score (nSPS) is 14.1. The minimum absolute atomic E-state index is 0. The lowest BCUT2D eigenvalue weighted by molar-refractivity contribution is -0.132. The van der Waals surface area contributed by atoms with Crippen LogP contribution in [0.2, 0.25) is 0 Å². The van der Waals surface area contributed by atoms with Gasteiger partial charge >= 0.3 is 17.9 Å². The van der Waals surface area contributed by atoms with E-state index in [-0.39, 0.29) is 41.9 Å². The van der Waals surface area contributed by atoms with Crippen molar-refractivity contribution in [2.45, 2.75) is 86.5 Å². The Labute approximate surface area is 293 Å². The third-order valence-electron chi connectivity index (χ3n) is 6.68. The summed E-state index contributed by atoms with van der Waals surface area (Å²) in [6.07, 6.45) is 6.04. The Balaban J connectivity index is 0. The monoisotopic (exact) mass is 682 g/mol. The van der Waals surface area contributed by atoms with E-state index in [0.29, 0.717) is 22.6 Å². The summed E-state index contributed by atoms with van der Waals surface area (Å²) in [7, 11) is 1.53. The van der Waals surface area contributed by atoms with Crippen LogP contribution in [-0.4, -0.2) is 37.6 Å². The van der Waals surface area contributed by atoms with Crippen LogP contribution in [0, 0.1) is 0 Å². The van der Waals surface area contributed by atoms with Gasteiger partial charge < -0.3 is 18.9 Å². The Bertz CT molecular complexity index is 1430. The van der Waals surface area contributed by atoms with E-state index in [1.165, 1.54) is 7.11 Å². The number of thiol groups is 1. The highest BCUT2D eigenvalue weighted by Gasteiger charge is 2.26. The first-order chi connectivity index (χ1) is 22.3. The molecule has 0 atom stereocenters. The fourth-order valence-corrected chi connectivity index (χ4v) is 4.29. The lowest BCUT2D eigenvalue weighted by atomic mass is 9.76. The lowest BCUT2D eigenvalue weighted by Gasteiger charge is -2.29. The SMILES string of the molecule is C.C=C(C)C(=O)Oc1cc(C2CCC(c3ccc(OC(=O)C(=C)C)c(OC(=O)C(=C)C)c3)CC2)ccc1OC.C=C(C)C=O.CC.CS. The molecular weight excluding hydrogens is 628 g/mol. The summed E-state index contributed by atoms with van der Waals surface area (Å²) in [6, 6.07) is 11.0. The summed E-state index contributed by atoms with van der Waals surface area (Å²) in [5, 5.41) is 0. The van der Waals surface area contributed by atoms with Crippen molar-refractivity contribution < 1.29 is 38.1 Å². The fraction of sp³-hybridized carbons (Fsp3) is 0.385. The number of methoxy groups -OCH3 is 1. The Hall–Kier alpha value is -4.37. The zero-order chi connectivity index (χ0) is 36.3. The average molecular weight is 683 g/mol. The van der Waals surface area contributed by atoms with Gasteiger partial charge in [-0.3, -0.25) is 4.79 Å². The van der Waals surface area contributed by atoms with Gasteiger partial charge in [-0.2, -0.15) is 12.6 Å². The molecule has 0 heterocycles. The topological polar surface area (TPSA) is 105 Å². The first kappa shape index (κ1) is 45.8. The highest BCUT2D eigenvalue weighted by Crippen LogP contribution is 2.44. The predicted octanol–water partition coefficient (Wildman–Crippen LogP) is 9.55. The van der Waals surface area contributed by atoms with E-state index >= 15 is 0 Å². The van der Waals surface area contributed by atoms with Crippen LogP contribution in [0.4, 0.5) is 0 Å². The van der Waals surface area contributed by atoms with Crippen molar-refractivity contribution >= 4 is 36.8 Å². The minimum atomic E-state index is -0.598. The van der Waals surface area contributed by atoms with Gasteiger partial charge in [0.2, 0.25) is 0 Å². The third-order valence-corrected chi connectivity index (χ3v) is 6.68. The number of rotatable bonds is 10. The first-order valence-electron chi connectivity index (χ1n) is 15.3. The minimum Gasteiger partial charge on any atom is -0.493 e. The van der Waals surface area contributed by atoms with Crippen LogP contribution in [-0.2, 0) is 19.2 Å². The van der Waals surface area contributed by atoms with Crippen LogP contribution >= 0.6 is 12.6 Å². The second-order valence-electron chi connectivity index (χ2n) is 10.6. The van der Waals surface area contributed by atoms with Crippen molar-refractivity contribution in [3.8, 4) is 23.0 Å². The van der Waals surface area contributed by atoms with Gasteiger partial charge in [-0.15, -0.1) is 0 Å². The molecule has 48 heavy (non-hydrogen) atoms. The summed E-state index contributed by atoms with van der Waals surface area (Å²) in [6.45, 7) is 24.5. The molecule has 0 radical (unpaired) electrons. The molecule has 2 aromatic rings. The standard InChI is InChI=1S/C31H34O7.C4H6O.C2H6.CH4S.CH4/c1-18(2)29(32)36-26-15-13-24(17-28(26)38-31(34)20(5)6)22-10-8-21(9-11-22)23-12-14-25(35-7)27(16-23)37-30(33)19(3)4;1-4(2)3-5;2*1-2;/h12-17,21-22H,1,3,5,8-11H2,2,4,6-7H3;3H,1H2,2H3;1-2H3;2H,1H3;1H4. The van der Waals surface area contributed by atoms with Crippen molar-refractivity contribution in [1.82, 2.24) is 0 Å². The van der Waals surface area contributed by atoms with Gasteiger partial charge in [-0.25, -0.2) is 14.4 Å². The zero-order valence-electron chi connectivity index (χ0n) is 29.1. The van der Waals surface area contributed by atoms with Gasteiger partial charge in [-0.05, 0) is 112 Å². The molecule has 1 fully saturated rings. The van der Waals surface area contributed by atoms with Gasteiger partial charge in [0.15, 0.2) is 23.0 Å². The van der Waals surface area contributed by atoms with Gasteiger partial charge in [0.1, 0.15) is 6.29 Å². The molecule has 0 aromatic heterocycles. The Kier molecular flexibility index (Phi) is 22.8. The fourth-order valence-electron chi connectivity index (χ4n) is 4.29. The lowest BCUT2D eigenvalue weighted by Crippen LogP contribution is -2.15. The van der Waals surface area contributed by atoms with E-state index in [1.807, 2.05) is 38.1 Å². The molecule has 1 aliphatic carbocycles. The molecular formula is C39H54O8S. The van der Waals surface area contributed by atoms with Gasteiger partial charge in [-0.1, -0.05) is 59.7 Å². The number of aldehydes is 1. The van der Waals surface area contributed by atoms with Crippen LogP contribution in [0.5, 0.6) is 23.0 Å². The maximum Gasteiger partial charge on any atom is 0.338 e. The smallest absolute Gasteiger partial charge is 0.338 e. The quantitative estimate of drug-likeness (QED) is 0.0869. The van der Waals surface area contributed by atoms with Crippen molar-refractivity contribution in [3.63, 3.8) is 0 Å². The van der Waals surface area contributed by atoms with E-state index in [9.17, 15) is 19.2 Å². The Morgan fingerprint density at radius 3 is 1.23 bits per heavy atom. The molecule has 0 spiro atoms. The van der Waals surface area contributed by atoms with Crippen LogP contribution in [0.15, 0.2) is 85.0 Å². The molecule has 0 amide bonds. The summed E-state index contributed by atoms with van der Waals surface area (Å²) in [4.78, 5) is 45.8. The van der Waals surface area contributed by atoms with E-state index in [0.717, 1.165) is 43.1 Å².